The summed E-state index contributed by atoms with van der Waals surface area (Å²) in [6.45, 7) is 5.46. The van der Waals surface area contributed by atoms with Gasteiger partial charge in [0.15, 0.2) is 11.5 Å². The Kier molecular flexibility index (Phi) is 4.55. The first-order valence-corrected chi connectivity index (χ1v) is 6.99. The third-order valence-corrected chi connectivity index (χ3v) is 3.89. The molecule has 4 heteroatoms. The van der Waals surface area contributed by atoms with E-state index in [2.05, 4.69) is 43.0 Å². The van der Waals surface area contributed by atoms with Crippen LogP contribution in [-0.2, 0) is 6.42 Å². The van der Waals surface area contributed by atoms with Gasteiger partial charge in [-0.25, -0.2) is 0 Å². The van der Waals surface area contributed by atoms with Gasteiger partial charge in [0, 0.05) is 35.8 Å². The molecule has 1 aromatic carbocycles. The average Bonchev–Trinajstić information content (AvgIpc) is 2.84. The summed E-state index contributed by atoms with van der Waals surface area (Å²) in [5, 5.41) is 1.21. The largest absolute Gasteiger partial charge is 0.493 e. The van der Waals surface area contributed by atoms with Crippen LogP contribution in [0.25, 0.3) is 10.9 Å². The number of methoxy groups -OCH3 is 2. The Balaban J connectivity index is 2.27. The summed E-state index contributed by atoms with van der Waals surface area (Å²) in [6, 6.07) is 4.61. The second kappa shape index (κ2) is 6.18. The third-order valence-electron chi connectivity index (χ3n) is 3.89. The zero-order valence-electron chi connectivity index (χ0n) is 13.0. The predicted octanol–water partition coefficient (Wildman–Crippen LogP) is 3.07. The Morgan fingerprint density at radius 1 is 1.15 bits per heavy atom. The molecule has 0 fully saturated rings. The average molecular weight is 276 g/mol. The molecular weight excluding hydrogens is 252 g/mol. The summed E-state index contributed by atoms with van der Waals surface area (Å²) in [7, 11) is 5.48. The molecule has 110 valence electrons. The lowest BCUT2D eigenvalue weighted by molar-refractivity contribution is 0.278. The third kappa shape index (κ3) is 2.90. The van der Waals surface area contributed by atoms with Gasteiger partial charge in [-0.2, -0.15) is 0 Å². The van der Waals surface area contributed by atoms with Gasteiger partial charge in [-0.1, -0.05) is 0 Å². The molecule has 2 rings (SSSR count). The lowest BCUT2D eigenvalue weighted by Gasteiger charge is -2.20. The number of hydrogen-bond acceptors (Lipinski definition) is 3. The zero-order chi connectivity index (χ0) is 14.7. The number of benzene rings is 1. The molecule has 0 unspecified atom stereocenters. The van der Waals surface area contributed by atoms with Crippen LogP contribution in [0.2, 0.25) is 0 Å². The summed E-state index contributed by atoms with van der Waals surface area (Å²) in [5.41, 5.74) is 2.40. The molecule has 0 aliphatic carbocycles. The summed E-state index contributed by atoms with van der Waals surface area (Å²) in [6.07, 6.45) is 3.10. The molecule has 0 aliphatic rings. The summed E-state index contributed by atoms with van der Waals surface area (Å²) in [5.74, 6) is 1.53. The first-order valence-electron chi connectivity index (χ1n) is 6.99. The van der Waals surface area contributed by atoms with Gasteiger partial charge < -0.3 is 19.4 Å². The number of rotatable bonds is 6. The van der Waals surface area contributed by atoms with Crippen LogP contribution in [0, 0.1) is 0 Å². The van der Waals surface area contributed by atoms with Crippen molar-refractivity contribution in [2.45, 2.75) is 26.3 Å². The predicted molar refractivity (Wildman–Crippen MR) is 82.9 cm³/mol. The molecule has 0 atom stereocenters. The molecular formula is C16H24N2O2. The highest BCUT2D eigenvalue weighted by atomic mass is 16.5. The number of likely N-dealkylation sites (N-methyl/N-ethyl adjacent to an activating group) is 1. The smallest absolute Gasteiger partial charge is 0.162 e. The Hall–Kier alpha value is -1.68. The van der Waals surface area contributed by atoms with Gasteiger partial charge >= 0.3 is 0 Å². The number of aromatic nitrogens is 1. The number of aromatic amines is 1. The van der Waals surface area contributed by atoms with Crippen LogP contribution in [0.1, 0.15) is 19.4 Å². The van der Waals surface area contributed by atoms with E-state index in [1.165, 1.54) is 10.9 Å². The Labute approximate surface area is 120 Å². The van der Waals surface area contributed by atoms with Crippen LogP contribution in [0.5, 0.6) is 11.5 Å². The molecule has 0 radical (unpaired) electrons. The molecule has 20 heavy (non-hydrogen) atoms. The van der Waals surface area contributed by atoms with Gasteiger partial charge in [0.1, 0.15) is 0 Å². The van der Waals surface area contributed by atoms with E-state index >= 15 is 0 Å². The maximum atomic E-state index is 5.38. The highest BCUT2D eigenvalue weighted by Crippen LogP contribution is 2.33. The monoisotopic (exact) mass is 276 g/mol. The second-order valence-corrected chi connectivity index (χ2v) is 5.39. The number of nitrogens with one attached hydrogen (secondary N) is 1. The molecule has 0 saturated carbocycles. The van der Waals surface area contributed by atoms with Crippen molar-refractivity contribution in [1.29, 1.82) is 0 Å². The van der Waals surface area contributed by atoms with Gasteiger partial charge in [0.05, 0.1) is 14.2 Å². The number of fused-ring (bicyclic) bond motifs is 1. The fourth-order valence-corrected chi connectivity index (χ4v) is 2.27. The van der Waals surface area contributed by atoms with Gasteiger partial charge in [0.25, 0.3) is 0 Å². The van der Waals surface area contributed by atoms with Crippen molar-refractivity contribution in [2.75, 3.05) is 27.8 Å². The van der Waals surface area contributed by atoms with Crippen molar-refractivity contribution >= 4 is 10.9 Å². The normalized spacial score (nSPS) is 11.6. The Morgan fingerprint density at radius 2 is 1.80 bits per heavy atom. The SMILES string of the molecule is COc1cc2[nH]cc(CCN(C)C(C)C)c2cc1OC. The Morgan fingerprint density at radius 3 is 2.40 bits per heavy atom. The van der Waals surface area contributed by atoms with Crippen molar-refractivity contribution < 1.29 is 9.47 Å². The Bertz CT molecular complexity index is 575. The molecule has 4 nitrogen and oxygen atoms in total. The van der Waals surface area contributed by atoms with E-state index in [1.807, 2.05) is 6.07 Å². The van der Waals surface area contributed by atoms with Gasteiger partial charge in [-0.3, -0.25) is 0 Å². The van der Waals surface area contributed by atoms with Crippen molar-refractivity contribution in [2.24, 2.45) is 0 Å². The van der Waals surface area contributed by atoms with Crippen molar-refractivity contribution in [3.05, 3.63) is 23.9 Å². The van der Waals surface area contributed by atoms with E-state index < -0.39 is 0 Å². The molecule has 0 spiro atoms. The van der Waals surface area contributed by atoms with Gasteiger partial charge in [-0.05, 0) is 38.9 Å². The number of nitrogens with zero attached hydrogens (tertiary/aromatic N) is 1. The van der Waals surface area contributed by atoms with Gasteiger partial charge in [0.2, 0.25) is 0 Å². The van der Waals surface area contributed by atoms with Crippen molar-refractivity contribution in [3.8, 4) is 11.5 Å². The van der Waals surface area contributed by atoms with Crippen LogP contribution in [0.15, 0.2) is 18.3 Å². The molecule has 1 aromatic heterocycles. The van der Waals surface area contributed by atoms with Crippen LogP contribution in [0.4, 0.5) is 0 Å². The fourth-order valence-electron chi connectivity index (χ4n) is 2.27. The number of hydrogen-bond donors (Lipinski definition) is 1. The van der Waals surface area contributed by atoms with Gasteiger partial charge in [-0.15, -0.1) is 0 Å². The number of H-pyrrole nitrogens is 1. The molecule has 0 bridgehead atoms. The highest BCUT2D eigenvalue weighted by molar-refractivity contribution is 5.86. The first-order chi connectivity index (χ1) is 9.56. The van der Waals surface area contributed by atoms with Crippen LogP contribution < -0.4 is 9.47 Å². The maximum Gasteiger partial charge on any atom is 0.162 e. The van der Waals surface area contributed by atoms with Crippen LogP contribution in [0.3, 0.4) is 0 Å². The minimum absolute atomic E-state index is 0.565. The lowest BCUT2D eigenvalue weighted by atomic mass is 10.1. The van der Waals surface area contributed by atoms with Crippen molar-refractivity contribution in [3.63, 3.8) is 0 Å². The van der Waals surface area contributed by atoms with E-state index in [0.717, 1.165) is 30.0 Å². The lowest BCUT2D eigenvalue weighted by Crippen LogP contribution is -2.28. The van der Waals surface area contributed by atoms with E-state index in [-0.39, 0.29) is 0 Å². The minimum Gasteiger partial charge on any atom is -0.493 e. The molecule has 0 saturated heterocycles. The summed E-state index contributed by atoms with van der Waals surface area (Å²) < 4.78 is 10.7. The minimum atomic E-state index is 0.565. The summed E-state index contributed by atoms with van der Waals surface area (Å²) in [4.78, 5) is 5.66. The second-order valence-electron chi connectivity index (χ2n) is 5.39. The molecule has 0 aliphatic heterocycles. The molecule has 0 amide bonds. The van der Waals surface area contributed by atoms with E-state index in [1.54, 1.807) is 14.2 Å². The van der Waals surface area contributed by atoms with E-state index in [9.17, 15) is 0 Å². The summed E-state index contributed by atoms with van der Waals surface area (Å²) >= 11 is 0. The van der Waals surface area contributed by atoms with E-state index in [4.69, 9.17) is 9.47 Å². The molecule has 1 heterocycles. The first kappa shape index (κ1) is 14.7. The number of ether oxygens (including phenoxy) is 2. The highest BCUT2D eigenvalue weighted by Gasteiger charge is 2.11. The maximum absolute atomic E-state index is 5.38. The fraction of sp³-hybridized carbons (Fsp3) is 0.500. The zero-order valence-corrected chi connectivity index (χ0v) is 13.0. The quantitative estimate of drug-likeness (QED) is 0.881. The van der Waals surface area contributed by atoms with E-state index in [0.29, 0.717) is 6.04 Å². The topological polar surface area (TPSA) is 37.5 Å². The van der Waals surface area contributed by atoms with Crippen molar-refractivity contribution in [1.82, 2.24) is 9.88 Å². The van der Waals surface area contributed by atoms with Crippen LogP contribution >= 0.6 is 0 Å². The molecule has 2 aromatic rings. The van der Waals surface area contributed by atoms with Crippen LogP contribution in [-0.4, -0.2) is 43.7 Å². The molecule has 1 N–H and O–H groups in total. The standard InChI is InChI=1S/C16H24N2O2/c1-11(2)18(3)7-6-12-10-17-14-9-16(20-5)15(19-4)8-13(12)14/h8-11,17H,6-7H2,1-5H3.